The first-order valence-electron chi connectivity index (χ1n) is 6.54. The normalized spacial score (nSPS) is 12.0. The number of nitrogens with one attached hydrogen (secondary N) is 1. The maximum atomic E-state index is 13.6. The number of rotatable bonds is 5. The molecule has 3 N–H and O–H groups in total. The lowest BCUT2D eigenvalue weighted by Crippen LogP contribution is -2.28. The van der Waals surface area contributed by atoms with Crippen molar-refractivity contribution in [1.82, 2.24) is 15.3 Å². The number of amides is 2. The summed E-state index contributed by atoms with van der Waals surface area (Å²) in [5.74, 6) is -2.16. The van der Waals surface area contributed by atoms with E-state index < -0.39 is 17.6 Å². The zero-order valence-electron chi connectivity index (χ0n) is 12.1. The van der Waals surface area contributed by atoms with Gasteiger partial charge in [0.2, 0.25) is 5.91 Å². The highest BCUT2D eigenvalue weighted by Gasteiger charge is 2.20. The molecule has 6 nitrogen and oxygen atoms in total. The number of carbonyl (C=O) groups excluding carboxylic acids is 2. The van der Waals surface area contributed by atoms with E-state index in [4.69, 9.17) is 5.73 Å². The largest absolute Gasteiger partial charge is 0.365 e. The second-order valence-electron chi connectivity index (χ2n) is 4.70. The lowest BCUT2D eigenvalue weighted by molar-refractivity contribution is -0.122. The van der Waals surface area contributed by atoms with Crippen LogP contribution < -0.4 is 11.1 Å². The van der Waals surface area contributed by atoms with E-state index in [1.165, 1.54) is 18.3 Å². The van der Waals surface area contributed by atoms with Crippen LogP contribution in [0.5, 0.6) is 0 Å². The number of nitrogens with two attached hydrogens (primary N) is 1. The summed E-state index contributed by atoms with van der Waals surface area (Å²) in [5, 5.41) is 3.22. The van der Waals surface area contributed by atoms with Gasteiger partial charge < -0.3 is 11.1 Å². The number of pyridine rings is 1. The number of aromatic nitrogens is 2. The summed E-state index contributed by atoms with van der Waals surface area (Å²) < 4.78 is 13.6. The summed E-state index contributed by atoms with van der Waals surface area (Å²) in [7, 11) is 0. The van der Waals surface area contributed by atoms with Crippen LogP contribution in [0.25, 0.3) is 0 Å². The fourth-order valence-corrected chi connectivity index (χ4v) is 2.77. The highest BCUT2D eigenvalue weighted by Crippen LogP contribution is 2.19. The summed E-state index contributed by atoms with van der Waals surface area (Å²) >= 11 is 1.13. The minimum absolute atomic E-state index is 0.0909. The Balaban J connectivity index is 2.02. The Morgan fingerprint density at radius 1 is 1.50 bits per heavy atom. The SMILES string of the molecule is Cc1nc(CNC(=O)C(C)c2ncccc2F)sc1C(N)=O. The van der Waals surface area contributed by atoms with Crippen molar-refractivity contribution < 1.29 is 14.0 Å². The minimum atomic E-state index is -0.724. The molecule has 0 saturated heterocycles. The first-order valence-corrected chi connectivity index (χ1v) is 7.36. The number of primary amides is 1. The van der Waals surface area contributed by atoms with Crippen molar-refractivity contribution in [2.24, 2.45) is 5.73 Å². The molecule has 8 heteroatoms. The molecule has 0 fully saturated rings. The van der Waals surface area contributed by atoms with Gasteiger partial charge in [0.1, 0.15) is 15.7 Å². The van der Waals surface area contributed by atoms with Gasteiger partial charge in [0.25, 0.3) is 5.91 Å². The fraction of sp³-hybridized carbons (Fsp3) is 0.286. The highest BCUT2D eigenvalue weighted by molar-refractivity contribution is 7.13. The van der Waals surface area contributed by atoms with Crippen molar-refractivity contribution in [3.8, 4) is 0 Å². The van der Waals surface area contributed by atoms with Gasteiger partial charge in [0.15, 0.2) is 0 Å². The third-order valence-corrected chi connectivity index (χ3v) is 4.24. The molecular formula is C14H15FN4O2S. The molecule has 116 valence electrons. The molecule has 0 aromatic carbocycles. The number of hydrogen-bond donors (Lipinski definition) is 2. The number of thiazole rings is 1. The quantitative estimate of drug-likeness (QED) is 0.871. The molecule has 0 radical (unpaired) electrons. The first-order chi connectivity index (χ1) is 10.4. The van der Waals surface area contributed by atoms with Gasteiger partial charge in [0.05, 0.1) is 23.9 Å². The minimum Gasteiger partial charge on any atom is -0.365 e. The maximum absolute atomic E-state index is 13.6. The lowest BCUT2D eigenvalue weighted by Gasteiger charge is -2.11. The Morgan fingerprint density at radius 3 is 2.82 bits per heavy atom. The van der Waals surface area contributed by atoms with Gasteiger partial charge in [-0.3, -0.25) is 14.6 Å². The average Bonchev–Trinajstić information content (AvgIpc) is 2.86. The Labute approximate surface area is 130 Å². The molecule has 0 aliphatic rings. The predicted molar refractivity (Wildman–Crippen MR) is 79.8 cm³/mol. The van der Waals surface area contributed by atoms with Gasteiger partial charge >= 0.3 is 0 Å². The molecule has 0 spiro atoms. The van der Waals surface area contributed by atoms with Crippen LogP contribution in [0.4, 0.5) is 4.39 Å². The van der Waals surface area contributed by atoms with Gasteiger partial charge in [-0.05, 0) is 26.0 Å². The summed E-state index contributed by atoms with van der Waals surface area (Å²) in [5.41, 5.74) is 5.84. The van der Waals surface area contributed by atoms with Gasteiger partial charge in [-0.25, -0.2) is 9.37 Å². The summed E-state index contributed by atoms with van der Waals surface area (Å²) in [4.78, 5) is 31.6. The Bertz CT molecular complexity index is 717. The molecule has 2 aromatic rings. The molecule has 0 bridgehead atoms. The molecule has 0 saturated carbocycles. The summed E-state index contributed by atoms with van der Waals surface area (Å²) in [6, 6.07) is 2.72. The Morgan fingerprint density at radius 2 is 2.23 bits per heavy atom. The molecule has 2 amide bonds. The van der Waals surface area contributed by atoms with Crippen molar-refractivity contribution in [3.05, 3.63) is 45.4 Å². The predicted octanol–water partition coefficient (Wildman–Crippen LogP) is 1.50. The van der Waals surface area contributed by atoms with E-state index in [0.29, 0.717) is 15.6 Å². The van der Waals surface area contributed by atoms with Crippen LogP contribution in [0.15, 0.2) is 18.3 Å². The molecule has 1 atom stereocenters. The number of hydrogen-bond acceptors (Lipinski definition) is 5. The zero-order chi connectivity index (χ0) is 16.3. The molecule has 22 heavy (non-hydrogen) atoms. The number of halogens is 1. The average molecular weight is 322 g/mol. The molecule has 0 aliphatic carbocycles. The molecule has 2 heterocycles. The van der Waals surface area contributed by atoms with Crippen LogP contribution in [-0.4, -0.2) is 21.8 Å². The standard InChI is InChI=1S/C14H15FN4O2S/c1-7(11-9(15)4-3-5-17-11)14(21)18-6-10-19-8(2)12(22-10)13(16)20/h3-5,7H,6H2,1-2H3,(H2,16,20)(H,18,21). The van der Waals surface area contributed by atoms with Crippen molar-refractivity contribution in [1.29, 1.82) is 0 Å². The third-order valence-electron chi connectivity index (χ3n) is 3.07. The topological polar surface area (TPSA) is 98.0 Å². The maximum Gasteiger partial charge on any atom is 0.260 e. The first kappa shape index (κ1) is 16.0. The van der Waals surface area contributed by atoms with E-state index in [1.54, 1.807) is 13.8 Å². The van der Waals surface area contributed by atoms with E-state index in [9.17, 15) is 14.0 Å². The van der Waals surface area contributed by atoms with Crippen LogP contribution >= 0.6 is 11.3 Å². The van der Waals surface area contributed by atoms with Crippen molar-refractivity contribution >= 4 is 23.2 Å². The fourth-order valence-electron chi connectivity index (χ4n) is 1.91. The van der Waals surface area contributed by atoms with E-state index in [1.807, 2.05) is 0 Å². The molecule has 0 aliphatic heterocycles. The zero-order valence-corrected chi connectivity index (χ0v) is 12.9. The van der Waals surface area contributed by atoms with E-state index in [0.717, 1.165) is 11.3 Å². The third kappa shape index (κ3) is 3.45. The summed E-state index contributed by atoms with van der Waals surface area (Å²) in [6.07, 6.45) is 1.44. The smallest absolute Gasteiger partial charge is 0.260 e. The Kier molecular flexibility index (Phi) is 4.81. The van der Waals surface area contributed by atoms with E-state index >= 15 is 0 Å². The van der Waals surface area contributed by atoms with Crippen LogP contribution in [0.1, 0.15) is 38.9 Å². The summed E-state index contributed by atoms with van der Waals surface area (Å²) in [6.45, 7) is 3.40. The number of nitrogens with zero attached hydrogens (tertiary/aromatic N) is 2. The molecule has 1 unspecified atom stereocenters. The van der Waals surface area contributed by atoms with Crippen molar-refractivity contribution in [2.75, 3.05) is 0 Å². The number of aryl methyl sites for hydroxylation is 1. The number of carbonyl (C=O) groups is 2. The second-order valence-corrected chi connectivity index (χ2v) is 5.78. The van der Waals surface area contributed by atoms with Crippen molar-refractivity contribution in [2.45, 2.75) is 26.3 Å². The van der Waals surface area contributed by atoms with Gasteiger partial charge in [-0.2, -0.15) is 0 Å². The van der Waals surface area contributed by atoms with Crippen LogP contribution in [0.2, 0.25) is 0 Å². The molecular weight excluding hydrogens is 307 g/mol. The highest BCUT2D eigenvalue weighted by atomic mass is 32.1. The lowest BCUT2D eigenvalue weighted by atomic mass is 10.1. The molecule has 2 aromatic heterocycles. The molecule has 2 rings (SSSR count). The van der Waals surface area contributed by atoms with Gasteiger partial charge in [0, 0.05) is 6.20 Å². The Hall–Kier alpha value is -2.35. The van der Waals surface area contributed by atoms with Crippen LogP contribution in [0, 0.1) is 12.7 Å². The van der Waals surface area contributed by atoms with Gasteiger partial charge in [-0.1, -0.05) is 0 Å². The van der Waals surface area contributed by atoms with Crippen LogP contribution in [-0.2, 0) is 11.3 Å². The van der Waals surface area contributed by atoms with E-state index in [-0.39, 0.29) is 18.1 Å². The monoisotopic (exact) mass is 322 g/mol. The second kappa shape index (κ2) is 6.61. The van der Waals surface area contributed by atoms with Crippen molar-refractivity contribution in [3.63, 3.8) is 0 Å². The van der Waals surface area contributed by atoms with Gasteiger partial charge in [-0.15, -0.1) is 11.3 Å². The van der Waals surface area contributed by atoms with Crippen LogP contribution in [0.3, 0.4) is 0 Å². The van der Waals surface area contributed by atoms with E-state index in [2.05, 4.69) is 15.3 Å².